The summed E-state index contributed by atoms with van der Waals surface area (Å²) in [6, 6.07) is 11.1. The molecule has 2 heteroatoms. The van der Waals surface area contributed by atoms with Gasteiger partial charge in [-0.3, -0.25) is 4.98 Å². The molecule has 2 rings (SSSR count). The molecule has 0 radical (unpaired) electrons. The maximum Gasteiger partial charge on any atom is 0.0451 e. The maximum atomic E-state index is 4.49. The molecule has 0 bridgehead atoms. The zero-order chi connectivity index (χ0) is 13.8. The number of rotatable bonds is 4. The van der Waals surface area contributed by atoms with Gasteiger partial charge in [-0.15, -0.1) is 0 Å². The van der Waals surface area contributed by atoms with Crippen LogP contribution in [0.2, 0.25) is 0 Å². The molecule has 0 aliphatic carbocycles. The first-order valence-electron chi connectivity index (χ1n) is 6.76. The number of likely N-dealkylation sites (N-methyl/N-ethyl adjacent to an activating group) is 1. The molecular weight excluding hydrogens is 232 g/mol. The van der Waals surface area contributed by atoms with Crippen LogP contribution >= 0.6 is 0 Å². The average molecular weight is 254 g/mol. The molecule has 100 valence electrons. The third-order valence-electron chi connectivity index (χ3n) is 3.80. The minimum absolute atomic E-state index is 0.313. The Morgan fingerprint density at radius 2 is 1.84 bits per heavy atom. The molecule has 0 amide bonds. The van der Waals surface area contributed by atoms with Gasteiger partial charge in [-0.1, -0.05) is 24.3 Å². The maximum absolute atomic E-state index is 4.49. The summed E-state index contributed by atoms with van der Waals surface area (Å²) in [4.78, 5) is 4.49. The van der Waals surface area contributed by atoms with Crippen molar-refractivity contribution in [3.8, 4) is 0 Å². The monoisotopic (exact) mass is 254 g/mol. The van der Waals surface area contributed by atoms with E-state index in [1.807, 2.05) is 19.3 Å². The van der Waals surface area contributed by atoms with E-state index in [0.29, 0.717) is 6.04 Å². The van der Waals surface area contributed by atoms with Crippen LogP contribution in [0.15, 0.2) is 36.5 Å². The van der Waals surface area contributed by atoms with Crippen molar-refractivity contribution in [1.29, 1.82) is 0 Å². The average Bonchev–Trinajstić information content (AvgIpc) is 2.41. The molecule has 1 aromatic heterocycles. The zero-order valence-electron chi connectivity index (χ0n) is 12.2. The van der Waals surface area contributed by atoms with Crippen molar-refractivity contribution >= 4 is 0 Å². The second-order valence-corrected chi connectivity index (χ2v) is 5.16. The fourth-order valence-electron chi connectivity index (χ4n) is 2.29. The third kappa shape index (κ3) is 3.21. The van der Waals surface area contributed by atoms with Gasteiger partial charge in [0.1, 0.15) is 0 Å². The summed E-state index contributed by atoms with van der Waals surface area (Å²) >= 11 is 0. The molecular formula is C17H22N2. The van der Waals surface area contributed by atoms with Crippen LogP contribution in [0, 0.1) is 20.8 Å². The van der Waals surface area contributed by atoms with Crippen LogP contribution in [-0.2, 0) is 6.42 Å². The zero-order valence-corrected chi connectivity index (χ0v) is 12.2. The van der Waals surface area contributed by atoms with E-state index in [2.05, 4.69) is 55.3 Å². The molecule has 1 N–H and O–H groups in total. The second kappa shape index (κ2) is 5.98. The quantitative estimate of drug-likeness (QED) is 0.903. The van der Waals surface area contributed by atoms with E-state index in [-0.39, 0.29) is 0 Å². The SMILES string of the molecule is CNC(Cc1ncccc1C)c1ccc(C)c(C)c1. The fourth-order valence-corrected chi connectivity index (χ4v) is 2.29. The molecule has 2 aromatic rings. The van der Waals surface area contributed by atoms with Gasteiger partial charge in [0.05, 0.1) is 0 Å². The lowest BCUT2D eigenvalue weighted by molar-refractivity contribution is 0.582. The standard InChI is InChI=1S/C17H22N2/c1-12-7-8-15(10-14(12)3)17(18-4)11-16-13(2)6-5-9-19-16/h5-10,17-18H,11H2,1-4H3. The van der Waals surface area contributed by atoms with Crippen LogP contribution in [0.1, 0.15) is 34.0 Å². The predicted molar refractivity (Wildman–Crippen MR) is 80.4 cm³/mol. The van der Waals surface area contributed by atoms with E-state index in [1.165, 1.54) is 27.9 Å². The Kier molecular flexibility index (Phi) is 4.33. The van der Waals surface area contributed by atoms with Gasteiger partial charge in [-0.2, -0.15) is 0 Å². The van der Waals surface area contributed by atoms with E-state index in [0.717, 1.165) is 6.42 Å². The van der Waals surface area contributed by atoms with Crippen molar-refractivity contribution in [2.45, 2.75) is 33.2 Å². The number of aromatic nitrogens is 1. The van der Waals surface area contributed by atoms with Crippen LogP contribution in [0.5, 0.6) is 0 Å². The van der Waals surface area contributed by atoms with Crippen molar-refractivity contribution in [2.75, 3.05) is 7.05 Å². The molecule has 0 spiro atoms. The number of benzene rings is 1. The predicted octanol–water partition coefficient (Wildman–Crippen LogP) is 3.51. The van der Waals surface area contributed by atoms with Gasteiger partial charge >= 0.3 is 0 Å². The number of pyridine rings is 1. The third-order valence-corrected chi connectivity index (χ3v) is 3.80. The first kappa shape index (κ1) is 13.8. The lowest BCUT2D eigenvalue weighted by Gasteiger charge is -2.18. The molecule has 1 heterocycles. The Morgan fingerprint density at radius 3 is 2.47 bits per heavy atom. The van der Waals surface area contributed by atoms with Gasteiger partial charge in [0.2, 0.25) is 0 Å². The first-order chi connectivity index (χ1) is 9.11. The van der Waals surface area contributed by atoms with E-state index in [4.69, 9.17) is 0 Å². The van der Waals surface area contributed by atoms with Crippen LogP contribution in [0.25, 0.3) is 0 Å². The number of aryl methyl sites for hydroxylation is 3. The summed E-state index contributed by atoms with van der Waals surface area (Å²) in [5.74, 6) is 0. The molecule has 19 heavy (non-hydrogen) atoms. The van der Waals surface area contributed by atoms with E-state index in [9.17, 15) is 0 Å². The highest BCUT2D eigenvalue weighted by Gasteiger charge is 2.12. The van der Waals surface area contributed by atoms with Crippen LogP contribution in [0.4, 0.5) is 0 Å². The summed E-state index contributed by atoms with van der Waals surface area (Å²) in [6.45, 7) is 6.43. The van der Waals surface area contributed by atoms with Crippen molar-refractivity contribution in [2.24, 2.45) is 0 Å². The van der Waals surface area contributed by atoms with E-state index >= 15 is 0 Å². The Hall–Kier alpha value is -1.67. The second-order valence-electron chi connectivity index (χ2n) is 5.16. The highest BCUT2D eigenvalue weighted by Crippen LogP contribution is 2.21. The molecule has 0 aliphatic rings. The molecule has 0 saturated heterocycles. The normalized spacial score (nSPS) is 12.4. The summed E-state index contributed by atoms with van der Waals surface area (Å²) in [7, 11) is 2.01. The Bertz CT molecular complexity index is 561. The summed E-state index contributed by atoms with van der Waals surface area (Å²) in [5.41, 5.74) is 6.44. The highest BCUT2D eigenvalue weighted by atomic mass is 14.9. The largest absolute Gasteiger partial charge is 0.313 e. The molecule has 1 atom stereocenters. The Balaban J connectivity index is 2.25. The molecule has 1 unspecified atom stereocenters. The molecule has 2 nitrogen and oxygen atoms in total. The lowest BCUT2D eigenvalue weighted by atomic mass is 9.97. The summed E-state index contributed by atoms with van der Waals surface area (Å²) in [5, 5.41) is 3.40. The van der Waals surface area contributed by atoms with Crippen molar-refractivity contribution in [1.82, 2.24) is 10.3 Å². The van der Waals surface area contributed by atoms with Crippen molar-refractivity contribution < 1.29 is 0 Å². The fraction of sp³-hybridized carbons (Fsp3) is 0.353. The molecule has 0 fully saturated rings. The molecule has 1 aromatic carbocycles. The summed E-state index contributed by atoms with van der Waals surface area (Å²) < 4.78 is 0. The van der Waals surface area contributed by atoms with Gasteiger partial charge in [-0.25, -0.2) is 0 Å². The highest BCUT2D eigenvalue weighted by molar-refractivity contribution is 5.33. The van der Waals surface area contributed by atoms with Crippen molar-refractivity contribution in [3.05, 3.63) is 64.5 Å². The Morgan fingerprint density at radius 1 is 1.05 bits per heavy atom. The van der Waals surface area contributed by atoms with Crippen LogP contribution < -0.4 is 5.32 Å². The van der Waals surface area contributed by atoms with E-state index < -0.39 is 0 Å². The minimum Gasteiger partial charge on any atom is -0.313 e. The van der Waals surface area contributed by atoms with Crippen molar-refractivity contribution in [3.63, 3.8) is 0 Å². The van der Waals surface area contributed by atoms with Gasteiger partial charge in [0.25, 0.3) is 0 Å². The molecule has 0 aliphatic heterocycles. The van der Waals surface area contributed by atoms with Crippen LogP contribution in [0.3, 0.4) is 0 Å². The number of hydrogen-bond acceptors (Lipinski definition) is 2. The lowest BCUT2D eigenvalue weighted by Crippen LogP contribution is -2.20. The van der Waals surface area contributed by atoms with Gasteiger partial charge < -0.3 is 5.32 Å². The van der Waals surface area contributed by atoms with Gasteiger partial charge in [-0.05, 0) is 56.1 Å². The minimum atomic E-state index is 0.313. The topological polar surface area (TPSA) is 24.9 Å². The summed E-state index contributed by atoms with van der Waals surface area (Å²) in [6.07, 6.45) is 2.79. The number of hydrogen-bond donors (Lipinski definition) is 1. The Labute approximate surface area is 115 Å². The number of nitrogens with one attached hydrogen (secondary N) is 1. The van der Waals surface area contributed by atoms with Crippen LogP contribution in [-0.4, -0.2) is 12.0 Å². The van der Waals surface area contributed by atoms with Gasteiger partial charge in [0, 0.05) is 24.4 Å². The molecule has 0 saturated carbocycles. The smallest absolute Gasteiger partial charge is 0.0451 e. The van der Waals surface area contributed by atoms with E-state index in [1.54, 1.807) is 0 Å². The van der Waals surface area contributed by atoms with Gasteiger partial charge in [0.15, 0.2) is 0 Å². The number of nitrogens with zero attached hydrogens (tertiary/aromatic N) is 1. The first-order valence-corrected chi connectivity index (χ1v) is 6.76.